The van der Waals surface area contributed by atoms with Gasteiger partial charge in [0.2, 0.25) is 11.5 Å². The molecule has 0 spiro atoms. The number of halogens is 1. The summed E-state index contributed by atoms with van der Waals surface area (Å²) in [7, 11) is 1.83. The molecule has 6 nitrogen and oxygen atoms in total. The third kappa shape index (κ3) is 2.11. The summed E-state index contributed by atoms with van der Waals surface area (Å²) < 4.78 is 26.4. The topological polar surface area (TPSA) is 66.0 Å². The molecule has 20 heavy (non-hydrogen) atoms. The fourth-order valence-corrected chi connectivity index (χ4v) is 2.33. The first-order chi connectivity index (χ1) is 9.49. The number of aryl methyl sites for hydroxylation is 1. The van der Waals surface area contributed by atoms with E-state index in [1.54, 1.807) is 4.68 Å². The first kappa shape index (κ1) is 13.2. The van der Waals surface area contributed by atoms with Crippen LogP contribution in [0.3, 0.4) is 0 Å². The average molecular weight is 280 g/mol. The zero-order chi connectivity index (χ0) is 14.3. The molecule has 1 aliphatic rings. The highest BCUT2D eigenvalue weighted by Gasteiger charge is 2.42. The van der Waals surface area contributed by atoms with Gasteiger partial charge < -0.3 is 9.26 Å². The van der Waals surface area contributed by atoms with Crippen LogP contribution in [0.1, 0.15) is 37.8 Å². The van der Waals surface area contributed by atoms with E-state index in [9.17, 15) is 4.39 Å². The normalized spacial score (nSPS) is 22.9. The van der Waals surface area contributed by atoms with Crippen molar-refractivity contribution < 1.29 is 13.7 Å². The molecule has 0 N–H and O–H groups in total. The van der Waals surface area contributed by atoms with E-state index >= 15 is 0 Å². The molecule has 2 aromatic heterocycles. The van der Waals surface area contributed by atoms with Crippen molar-refractivity contribution in [3.63, 3.8) is 0 Å². The largest absolute Gasteiger partial charge is 0.377 e. The first-order valence-electron chi connectivity index (χ1n) is 6.64. The summed E-state index contributed by atoms with van der Waals surface area (Å²) in [4.78, 5) is 4.20. The predicted molar refractivity (Wildman–Crippen MR) is 68.8 cm³/mol. The summed E-state index contributed by atoms with van der Waals surface area (Å²) in [5.41, 5.74) is -0.0127. The van der Waals surface area contributed by atoms with E-state index < -0.39 is 5.67 Å². The molecule has 0 unspecified atom stereocenters. The smallest absolute Gasteiger partial charge is 0.267 e. The van der Waals surface area contributed by atoms with Crippen molar-refractivity contribution in [3.05, 3.63) is 17.8 Å². The van der Waals surface area contributed by atoms with Gasteiger partial charge in [-0.2, -0.15) is 10.1 Å². The van der Waals surface area contributed by atoms with Crippen LogP contribution in [0.2, 0.25) is 0 Å². The van der Waals surface area contributed by atoms with E-state index in [0.717, 1.165) is 11.3 Å². The Balaban J connectivity index is 1.98. The fourth-order valence-electron chi connectivity index (χ4n) is 2.33. The zero-order valence-electron chi connectivity index (χ0n) is 11.8. The number of nitrogens with zero attached hydrogens (tertiary/aromatic N) is 4. The molecule has 7 heteroatoms. The Kier molecular flexibility index (Phi) is 3.08. The van der Waals surface area contributed by atoms with Gasteiger partial charge >= 0.3 is 0 Å². The Morgan fingerprint density at radius 3 is 2.90 bits per heavy atom. The van der Waals surface area contributed by atoms with Gasteiger partial charge in [-0.15, -0.1) is 0 Å². The van der Waals surface area contributed by atoms with Crippen molar-refractivity contribution in [1.82, 2.24) is 19.9 Å². The molecule has 0 aliphatic carbocycles. The van der Waals surface area contributed by atoms with Crippen LogP contribution in [0.5, 0.6) is 0 Å². The van der Waals surface area contributed by atoms with Crippen LogP contribution in [0.15, 0.2) is 10.7 Å². The standard InChI is InChI=1S/C13H17FN4O2/c1-8(2)10-9(6-18(3)16-10)11-15-12(20-17-11)13(14)4-5-19-7-13/h6,8H,4-5,7H2,1-3H3/t13-/m0/s1. The number of ether oxygens (including phenoxy) is 1. The van der Waals surface area contributed by atoms with Gasteiger partial charge in [0.15, 0.2) is 0 Å². The second-order valence-corrected chi connectivity index (χ2v) is 5.45. The monoisotopic (exact) mass is 280 g/mol. The summed E-state index contributed by atoms with van der Waals surface area (Å²) in [5.74, 6) is 0.589. The minimum atomic E-state index is -1.66. The van der Waals surface area contributed by atoms with Crippen molar-refractivity contribution in [2.45, 2.75) is 31.9 Å². The number of hydrogen-bond donors (Lipinski definition) is 0. The van der Waals surface area contributed by atoms with E-state index in [4.69, 9.17) is 9.26 Å². The molecule has 1 atom stereocenters. The molecule has 3 heterocycles. The molecular formula is C13H17FN4O2. The average Bonchev–Trinajstić information content (AvgIpc) is 3.06. The molecule has 2 aromatic rings. The van der Waals surface area contributed by atoms with Gasteiger partial charge in [-0.05, 0) is 5.92 Å². The Hall–Kier alpha value is -1.76. The predicted octanol–water partition coefficient (Wildman–Crippen LogP) is 2.18. The summed E-state index contributed by atoms with van der Waals surface area (Å²) in [5, 5.41) is 8.28. The number of rotatable bonds is 3. The van der Waals surface area contributed by atoms with Crippen molar-refractivity contribution in [3.8, 4) is 11.4 Å². The van der Waals surface area contributed by atoms with E-state index in [-0.39, 0.29) is 24.8 Å². The van der Waals surface area contributed by atoms with Crippen molar-refractivity contribution in [1.29, 1.82) is 0 Å². The lowest BCUT2D eigenvalue weighted by atomic mass is 10.1. The third-order valence-electron chi connectivity index (χ3n) is 3.43. The van der Waals surface area contributed by atoms with Gasteiger partial charge in [0.25, 0.3) is 5.89 Å². The quantitative estimate of drug-likeness (QED) is 0.862. The maximum absolute atomic E-state index is 14.5. The molecule has 3 rings (SSSR count). The first-order valence-corrected chi connectivity index (χ1v) is 6.64. The summed E-state index contributed by atoms with van der Waals surface area (Å²) in [6.45, 7) is 4.42. The van der Waals surface area contributed by atoms with Crippen LogP contribution >= 0.6 is 0 Å². The highest BCUT2D eigenvalue weighted by atomic mass is 19.1. The van der Waals surface area contributed by atoms with Crippen molar-refractivity contribution in [2.24, 2.45) is 7.05 Å². The van der Waals surface area contributed by atoms with Crippen molar-refractivity contribution in [2.75, 3.05) is 13.2 Å². The van der Waals surface area contributed by atoms with Crippen LogP contribution in [-0.4, -0.2) is 33.1 Å². The van der Waals surface area contributed by atoms with Crippen LogP contribution in [0, 0.1) is 0 Å². The maximum Gasteiger partial charge on any atom is 0.267 e. The highest BCUT2D eigenvalue weighted by Crippen LogP contribution is 2.35. The van der Waals surface area contributed by atoms with E-state index in [0.29, 0.717) is 12.4 Å². The number of hydrogen-bond acceptors (Lipinski definition) is 5. The molecule has 0 saturated carbocycles. The molecule has 0 bridgehead atoms. The molecule has 1 aliphatic heterocycles. The van der Waals surface area contributed by atoms with Crippen LogP contribution < -0.4 is 0 Å². The summed E-state index contributed by atoms with van der Waals surface area (Å²) in [6, 6.07) is 0. The molecule has 0 radical (unpaired) electrons. The minimum Gasteiger partial charge on any atom is -0.377 e. The van der Waals surface area contributed by atoms with E-state index in [1.807, 2.05) is 27.1 Å². The van der Waals surface area contributed by atoms with Gasteiger partial charge in [0.05, 0.1) is 24.5 Å². The zero-order valence-corrected chi connectivity index (χ0v) is 11.8. The summed E-state index contributed by atoms with van der Waals surface area (Å²) in [6.07, 6.45) is 2.07. The summed E-state index contributed by atoms with van der Waals surface area (Å²) >= 11 is 0. The lowest BCUT2D eigenvalue weighted by molar-refractivity contribution is 0.0807. The second-order valence-electron chi connectivity index (χ2n) is 5.45. The fraction of sp³-hybridized carbons (Fsp3) is 0.615. The van der Waals surface area contributed by atoms with Crippen molar-refractivity contribution >= 4 is 0 Å². The molecule has 1 saturated heterocycles. The second kappa shape index (κ2) is 4.66. The SMILES string of the molecule is CC(C)c1nn(C)cc1-c1noc([C@]2(F)CCOC2)n1. The molecule has 1 fully saturated rings. The van der Waals surface area contributed by atoms with Crippen LogP contribution in [0.25, 0.3) is 11.4 Å². The van der Waals surface area contributed by atoms with E-state index in [1.165, 1.54) is 0 Å². The van der Waals surface area contributed by atoms with Gasteiger partial charge in [-0.25, -0.2) is 4.39 Å². The number of aromatic nitrogens is 4. The lowest BCUT2D eigenvalue weighted by Crippen LogP contribution is -2.20. The highest BCUT2D eigenvalue weighted by molar-refractivity contribution is 5.57. The van der Waals surface area contributed by atoms with Gasteiger partial charge in [-0.1, -0.05) is 19.0 Å². The lowest BCUT2D eigenvalue weighted by Gasteiger charge is -2.09. The minimum absolute atomic E-state index is 0.0106. The maximum atomic E-state index is 14.5. The Morgan fingerprint density at radius 2 is 2.25 bits per heavy atom. The third-order valence-corrected chi connectivity index (χ3v) is 3.43. The Labute approximate surface area is 115 Å². The number of alkyl halides is 1. The van der Waals surface area contributed by atoms with E-state index in [2.05, 4.69) is 15.2 Å². The van der Waals surface area contributed by atoms with Gasteiger partial charge in [0, 0.05) is 19.7 Å². The van der Waals surface area contributed by atoms with Crippen LogP contribution in [0.4, 0.5) is 4.39 Å². The van der Waals surface area contributed by atoms with Gasteiger partial charge in [0.1, 0.15) is 0 Å². The molecule has 0 amide bonds. The molecular weight excluding hydrogens is 263 g/mol. The van der Waals surface area contributed by atoms with Crippen LogP contribution in [-0.2, 0) is 17.5 Å². The molecule has 108 valence electrons. The molecule has 0 aromatic carbocycles. The Morgan fingerprint density at radius 1 is 1.45 bits per heavy atom. The van der Waals surface area contributed by atoms with Gasteiger partial charge in [-0.3, -0.25) is 4.68 Å². The Bertz CT molecular complexity index is 614.